The maximum absolute atomic E-state index is 10.2. The maximum atomic E-state index is 10.2. The van der Waals surface area contributed by atoms with Gasteiger partial charge in [-0.15, -0.1) is 0 Å². The Bertz CT molecular complexity index is 863. The van der Waals surface area contributed by atoms with Crippen LogP contribution in [-0.2, 0) is 4.74 Å². The summed E-state index contributed by atoms with van der Waals surface area (Å²) in [6, 6.07) is 8.60. The van der Waals surface area contributed by atoms with Crippen molar-refractivity contribution < 1.29 is 45.2 Å². The molecule has 2 aromatic rings. The molecule has 9 heteroatoms. The Morgan fingerprint density at radius 3 is 2.21 bits per heavy atom. The SMILES string of the molecule is OC[C@@H]1O[C@H](Oc2c(O)cc(O)cc2/C=C\c2ccc(O)cc2)[C@@H](O)[C@H](O)[C@H]1O. The quantitative estimate of drug-likeness (QED) is 0.343. The Labute approximate surface area is 165 Å². The zero-order chi connectivity index (χ0) is 21.1. The van der Waals surface area contributed by atoms with E-state index in [1.165, 1.54) is 24.3 Å². The minimum atomic E-state index is -1.66. The third-order valence-electron chi connectivity index (χ3n) is 4.51. The Hall–Kier alpha value is -2.82. The van der Waals surface area contributed by atoms with E-state index in [1.54, 1.807) is 18.2 Å². The first-order valence-corrected chi connectivity index (χ1v) is 8.80. The monoisotopic (exact) mass is 406 g/mol. The van der Waals surface area contributed by atoms with Crippen LogP contribution in [0, 0.1) is 0 Å². The van der Waals surface area contributed by atoms with Gasteiger partial charge in [-0.2, -0.15) is 0 Å². The molecule has 0 aromatic heterocycles. The number of aliphatic hydroxyl groups is 4. The molecule has 0 radical (unpaired) electrons. The molecule has 0 aliphatic carbocycles. The molecule has 1 saturated heterocycles. The topological polar surface area (TPSA) is 160 Å². The van der Waals surface area contributed by atoms with Crippen molar-refractivity contribution in [2.75, 3.05) is 6.61 Å². The molecule has 1 fully saturated rings. The van der Waals surface area contributed by atoms with Gasteiger partial charge in [-0.1, -0.05) is 24.3 Å². The number of benzene rings is 2. The lowest BCUT2D eigenvalue weighted by Gasteiger charge is -2.39. The number of hydrogen-bond acceptors (Lipinski definition) is 9. The minimum Gasteiger partial charge on any atom is -0.508 e. The van der Waals surface area contributed by atoms with Crippen molar-refractivity contribution in [3.05, 3.63) is 47.5 Å². The first-order chi connectivity index (χ1) is 13.8. The van der Waals surface area contributed by atoms with Crippen molar-refractivity contribution >= 4 is 12.2 Å². The predicted molar refractivity (Wildman–Crippen MR) is 101 cm³/mol. The summed E-state index contributed by atoms with van der Waals surface area (Å²) in [6.45, 7) is -0.625. The number of phenolic OH excluding ortho intramolecular Hbond substituents is 3. The van der Waals surface area contributed by atoms with Gasteiger partial charge >= 0.3 is 0 Å². The van der Waals surface area contributed by atoms with Gasteiger partial charge in [0.25, 0.3) is 0 Å². The van der Waals surface area contributed by atoms with E-state index in [1.807, 2.05) is 0 Å². The molecule has 29 heavy (non-hydrogen) atoms. The van der Waals surface area contributed by atoms with E-state index in [4.69, 9.17) is 9.47 Å². The van der Waals surface area contributed by atoms with E-state index in [-0.39, 0.29) is 22.8 Å². The fourth-order valence-electron chi connectivity index (χ4n) is 2.92. The van der Waals surface area contributed by atoms with Gasteiger partial charge in [0, 0.05) is 11.6 Å². The van der Waals surface area contributed by atoms with E-state index >= 15 is 0 Å². The Morgan fingerprint density at radius 1 is 0.862 bits per heavy atom. The Morgan fingerprint density at radius 2 is 1.55 bits per heavy atom. The van der Waals surface area contributed by atoms with E-state index in [0.29, 0.717) is 5.56 Å². The van der Waals surface area contributed by atoms with Crippen LogP contribution in [0.5, 0.6) is 23.0 Å². The van der Waals surface area contributed by atoms with Gasteiger partial charge in [0.2, 0.25) is 6.29 Å². The number of hydrogen-bond donors (Lipinski definition) is 7. The van der Waals surface area contributed by atoms with Crippen molar-refractivity contribution in [2.24, 2.45) is 0 Å². The lowest BCUT2D eigenvalue weighted by molar-refractivity contribution is -0.277. The van der Waals surface area contributed by atoms with Crippen LogP contribution >= 0.6 is 0 Å². The molecule has 156 valence electrons. The number of phenols is 3. The second kappa shape index (κ2) is 8.68. The van der Waals surface area contributed by atoms with Crippen molar-refractivity contribution in [1.82, 2.24) is 0 Å². The van der Waals surface area contributed by atoms with E-state index in [2.05, 4.69) is 0 Å². The average molecular weight is 406 g/mol. The van der Waals surface area contributed by atoms with Gasteiger partial charge in [-0.05, 0) is 23.8 Å². The highest BCUT2D eigenvalue weighted by atomic mass is 16.7. The average Bonchev–Trinajstić information content (AvgIpc) is 2.69. The molecule has 9 nitrogen and oxygen atoms in total. The molecule has 0 spiro atoms. The molecule has 0 amide bonds. The second-order valence-corrected chi connectivity index (χ2v) is 6.62. The highest BCUT2D eigenvalue weighted by molar-refractivity contribution is 5.75. The van der Waals surface area contributed by atoms with Crippen molar-refractivity contribution in [3.63, 3.8) is 0 Å². The minimum absolute atomic E-state index is 0.101. The number of ether oxygens (including phenoxy) is 2. The van der Waals surface area contributed by atoms with E-state index < -0.39 is 43.1 Å². The molecule has 5 atom stereocenters. The lowest BCUT2D eigenvalue weighted by Crippen LogP contribution is -2.60. The molecule has 7 N–H and O–H groups in total. The van der Waals surface area contributed by atoms with Crippen LogP contribution in [0.2, 0.25) is 0 Å². The fourth-order valence-corrected chi connectivity index (χ4v) is 2.92. The van der Waals surface area contributed by atoms with Gasteiger partial charge in [-0.25, -0.2) is 0 Å². The molecule has 0 bridgehead atoms. The lowest BCUT2D eigenvalue weighted by atomic mass is 9.99. The summed E-state index contributed by atoms with van der Waals surface area (Å²) >= 11 is 0. The molecular weight excluding hydrogens is 384 g/mol. The van der Waals surface area contributed by atoms with Crippen LogP contribution in [0.4, 0.5) is 0 Å². The molecule has 1 aliphatic rings. The number of aliphatic hydroxyl groups excluding tert-OH is 4. The second-order valence-electron chi connectivity index (χ2n) is 6.62. The maximum Gasteiger partial charge on any atom is 0.229 e. The van der Waals surface area contributed by atoms with Gasteiger partial charge in [0.15, 0.2) is 11.5 Å². The Balaban J connectivity index is 1.89. The third-order valence-corrected chi connectivity index (χ3v) is 4.51. The zero-order valence-corrected chi connectivity index (χ0v) is 15.2. The van der Waals surface area contributed by atoms with Gasteiger partial charge in [-0.3, -0.25) is 0 Å². The summed E-state index contributed by atoms with van der Waals surface area (Å²) in [4.78, 5) is 0. The summed E-state index contributed by atoms with van der Waals surface area (Å²) in [6.07, 6.45) is -4.36. The number of rotatable bonds is 5. The van der Waals surface area contributed by atoms with Crippen LogP contribution < -0.4 is 4.74 Å². The normalized spacial score (nSPS) is 27.2. The van der Waals surface area contributed by atoms with Crippen LogP contribution in [0.15, 0.2) is 36.4 Å². The fraction of sp³-hybridized carbons (Fsp3) is 0.300. The first kappa shape index (κ1) is 20.9. The van der Waals surface area contributed by atoms with Crippen molar-refractivity contribution in [2.45, 2.75) is 30.7 Å². The van der Waals surface area contributed by atoms with Gasteiger partial charge < -0.3 is 45.2 Å². The largest absolute Gasteiger partial charge is 0.508 e. The van der Waals surface area contributed by atoms with Crippen LogP contribution in [0.1, 0.15) is 11.1 Å². The van der Waals surface area contributed by atoms with Gasteiger partial charge in [0.05, 0.1) is 6.61 Å². The predicted octanol–water partition coefficient (Wildman–Crippen LogP) is 0.152. The third kappa shape index (κ3) is 4.61. The molecule has 1 aliphatic heterocycles. The molecule has 1 heterocycles. The van der Waals surface area contributed by atoms with E-state index in [9.17, 15) is 35.7 Å². The molecule has 0 unspecified atom stereocenters. The molecule has 2 aromatic carbocycles. The van der Waals surface area contributed by atoms with Crippen LogP contribution in [0.25, 0.3) is 12.2 Å². The van der Waals surface area contributed by atoms with Crippen molar-refractivity contribution in [1.29, 1.82) is 0 Å². The molecular formula is C20H22O9. The zero-order valence-electron chi connectivity index (χ0n) is 15.2. The number of aromatic hydroxyl groups is 3. The summed E-state index contributed by atoms with van der Waals surface area (Å²) < 4.78 is 10.8. The summed E-state index contributed by atoms with van der Waals surface area (Å²) in [7, 11) is 0. The summed E-state index contributed by atoms with van der Waals surface area (Å²) in [5.74, 6) is -0.743. The van der Waals surface area contributed by atoms with Gasteiger partial charge in [0.1, 0.15) is 35.9 Å². The van der Waals surface area contributed by atoms with Crippen molar-refractivity contribution in [3.8, 4) is 23.0 Å². The smallest absolute Gasteiger partial charge is 0.229 e. The molecule has 3 rings (SSSR count). The highest BCUT2D eigenvalue weighted by Crippen LogP contribution is 2.38. The first-order valence-electron chi connectivity index (χ1n) is 8.80. The standard InChI is InChI=1S/C20H22O9/c21-9-15-16(25)17(26)18(27)20(28-15)29-19-11(7-13(23)8-14(19)24)4-1-10-2-5-12(22)6-3-10/h1-8,15-18,20-27H,9H2/b4-1-/t15-,16-,17+,18-,20+/m0/s1. The molecule has 0 saturated carbocycles. The summed E-state index contributed by atoms with van der Waals surface area (Å²) in [5.41, 5.74) is 0.942. The summed E-state index contributed by atoms with van der Waals surface area (Å²) in [5, 5.41) is 68.5. The Kier molecular flexibility index (Phi) is 6.26. The van der Waals surface area contributed by atoms with E-state index in [0.717, 1.165) is 6.07 Å². The van der Waals surface area contributed by atoms with Crippen LogP contribution in [0.3, 0.4) is 0 Å². The van der Waals surface area contributed by atoms with Crippen LogP contribution in [-0.4, -0.2) is 73.1 Å². The highest BCUT2D eigenvalue weighted by Gasteiger charge is 2.45.